The third-order valence-corrected chi connectivity index (χ3v) is 5.03. The molecular weight excluding hydrogens is 246 g/mol. The molecule has 2 rings (SSSR count). The number of hydrogen-bond acceptors (Lipinski definition) is 3. The standard InChI is InChI=1S/C17H35N3/c1-3-5-6-7-10-13-16-17-14-11-8-9-12-15-19(17)20(4-2)18-16/h16-18H,3-15H2,1-2H3. The molecule has 0 aromatic heterocycles. The van der Waals surface area contributed by atoms with Crippen molar-refractivity contribution in [3.8, 4) is 0 Å². The monoisotopic (exact) mass is 281 g/mol. The lowest BCUT2D eigenvalue weighted by Crippen LogP contribution is -2.45. The van der Waals surface area contributed by atoms with Crippen LogP contribution in [0.5, 0.6) is 0 Å². The summed E-state index contributed by atoms with van der Waals surface area (Å²) in [5.74, 6) is 0. The number of nitrogens with zero attached hydrogens (tertiary/aromatic N) is 2. The number of hydrogen-bond donors (Lipinski definition) is 1. The summed E-state index contributed by atoms with van der Waals surface area (Å²) in [5.41, 5.74) is 3.79. The van der Waals surface area contributed by atoms with Gasteiger partial charge in [0.2, 0.25) is 0 Å². The third-order valence-electron chi connectivity index (χ3n) is 5.03. The molecule has 0 aliphatic carbocycles. The van der Waals surface area contributed by atoms with Crippen molar-refractivity contribution in [2.24, 2.45) is 0 Å². The minimum atomic E-state index is 0.703. The second-order valence-electron chi connectivity index (χ2n) is 6.59. The van der Waals surface area contributed by atoms with Crippen molar-refractivity contribution in [1.29, 1.82) is 0 Å². The highest BCUT2D eigenvalue weighted by Crippen LogP contribution is 2.27. The predicted octanol–water partition coefficient (Wildman–Crippen LogP) is 4.11. The summed E-state index contributed by atoms with van der Waals surface area (Å²) in [6.45, 7) is 6.93. The second-order valence-corrected chi connectivity index (χ2v) is 6.59. The quantitative estimate of drug-likeness (QED) is 0.709. The minimum absolute atomic E-state index is 0.703. The fourth-order valence-electron chi connectivity index (χ4n) is 3.85. The molecule has 3 nitrogen and oxygen atoms in total. The van der Waals surface area contributed by atoms with E-state index in [1.165, 1.54) is 77.2 Å². The maximum atomic E-state index is 3.79. The molecule has 3 heteroatoms. The van der Waals surface area contributed by atoms with Crippen molar-refractivity contribution in [3.05, 3.63) is 0 Å². The summed E-state index contributed by atoms with van der Waals surface area (Å²) in [6.07, 6.45) is 15.4. The van der Waals surface area contributed by atoms with Gasteiger partial charge in [-0.25, -0.2) is 10.4 Å². The summed E-state index contributed by atoms with van der Waals surface area (Å²) < 4.78 is 0. The Bertz CT molecular complexity index is 257. The number of hydrazine groups is 2. The van der Waals surface area contributed by atoms with Crippen molar-refractivity contribution in [2.75, 3.05) is 13.1 Å². The van der Waals surface area contributed by atoms with Crippen LogP contribution in [-0.2, 0) is 0 Å². The molecular formula is C17H35N3. The van der Waals surface area contributed by atoms with E-state index in [0.717, 1.165) is 12.6 Å². The van der Waals surface area contributed by atoms with Gasteiger partial charge in [0.1, 0.15) is 0 Å². The van der Waals surface area contributed by atoms with Crippen LogP contribution in [0.3, 0.4) is 0 Å². The minimum Gasteiger partial charge on any atom is -0.237 e. The van der Waals surface area contributed by atoms with Crippen LogP contribution < -0.4 is 5.43 Å². The van der Waals surface area contributed by atoms with Gasteiger partial charge >= 0.3 is 0 Å². The molecule has 2 unspecified atom stereocenters. The van der Waals surface area contributed by atoms with Crippen molar-refractivity contribution in [2.45, 2.75) is 96.6 Å². The van der Waals surface area contributed by atoms with E-state index in [1.807, 2.05) is 0 Å². The molecule has 2 aliphatic heterocycles. The summed E-state index contributed by atoms with van der Waals surface area (Å²) in [5, 5.41) is 5.06. The Kier molecular flexibility index (Phi) is 7.32. The summed E-state index contributed by atoms with van der Waals surface area (Å²) in [4.78, 5) is 0. The van der Waals surface area contributed by atoms with Gasteiger partial charge in [-0.15, -0.1) is 0 Å². The summed E-state index contributed by atoms with van der Waals surface area (Å²) in [6, 6.07) is 1.47. The van der Waals surface area contributed by atoms with E-state index < -0.39 is 0 Å². The van der Waals surface area contributed by atoms with E-state index in [2.05, 4.69) is 29.4 Å². The van der Waals surface area contributed by atoms with Gasteiger partial charge in [0.05, 0.1) is 0 Å². The lowest BCUT2D eigenvalue weighted by Gasteiger charge is -2.32. The first kappa shape index (κ1) is 16.3. The molecule has 0 amide bonds. The van der Waals surface area contributed by atoms with Crippen molar-refractivity contribution in [1.82, 2.24) is 15.6 Å². The third kappa shape index (κ3) is 4.44. The first-order valence-corrected chi connectivity index (χ1v) is 9.17. The van der Waals surface area contributed by atoms with E-state index in [1.54, 1.807) is 0 Å². The highest BCUT2D eigenvalue weighted by molar-refractivity contribution is 4.88. The fraction of sp³-hybridized carbons (Fsp3) is 1.00. The van der Waals surface area contributed by atoms with E-state index in [-0.39, 0.29) is 0 Å². The number of rotatable bonds is 7. The van der Waals surface area contributed by atoms with Gasteiger partial charge in [0.15, 0.2) is 0 Å². The van der Waals surface area contributed by atoms with Crippen LogP contribution in [0.4, 0.5) is 0 Å². The predicted molar refractivity (Wildman–Crippen MR) is 86.3 cm³/mol. The topological polar surface area (TPSA) is 18.5 Å². The molecule has 0 aromatic carbocycles. The Morgan fingerprint density at radius 2 is 1.75 bits per heavy atom. The molecule has 0 spiro atoms. The molecule has 0 aromatic rings. The zero-order chi connectivity index (χ0) is 14.2. The average molecular weight is 281 g/mol. The van der Waals surface area contributed by atoms with Gasteiger partial charge < -0.3 is 0 Å². The molecule has 2 saturated heterocycles. The van der Waals surface area contributed by atoms with E-state index >= 15 is 0 Å². The Labute approximate surface area is 126 Å². The lowest BCUT2D eigenvalue weighted by atomic mass is 9.95. The van der Waals surface area contributed by atoms with Crippen molar-refractivity contribution in [3.63, 3.8) is 0 Å². The van der Waals surface area contributed by atoms with Gasteiger partial charge in [0, 0.05) is 25.2 Å². The van der Waals surface area contributed by atoms with Crippen LogP contribution >= 0.6 is 0 Å². The molecule has 2 heterocycles. The molecule has 0 radical (unpaired) electrons. The summed E-state index contributed by atoms with van der Waals surface area (Å²) >= 11 is 0. The van der Waals surface area contributed by atoms with Crippen LogP contribution in [0, 0.1) is 0 Å². The lowest BCUT2D eigenvalue weighted by molar-refractivity contribution is -0.0354. The fourth-order valence-corrected chi connectivity index (χ4v) is 3.85. The van der Waals surface area contributed by atoms with Gasteiger partial charge in [-0.1, -0.05) is 58.3 Å². The molecule has 2 fully saturated rings. The van der Waals surface area contributed by atoms with Crippen molar-refractivity contribution >= 4 is 0 Å². The Morgan fingerprint density at radius 3 is 2.55 bits per heavy atom. The smallest absolute Gasteiger partial charge is 0.0426 e. The molecule has 2 atom stereocenters. The number of nitrogens with one attached hydrogen (secondary N) is 1. The maximum absolute atomic E-state index is 3.79. The van der Waals surface area contributed by atoms with Crippen LogP contribution in [0.1, 0.15) is 84.5 Å². The Hall–Kier alpha value is -0.120. The maximum Gasteiger partial charge on any atom is 0.0426 e. The molecule has 0 bridgehead atoms. The van der Waals surface area contributed by atoms with Crippen LogP contribution in [0.15, 0.2) is 0 Å². The highest BCUT2D eigenvalue weighted by atomic mass is 15.8. The van der Waals surface area contributed by atoms with Gasteiger partial charge in [-0.2, -0.15) is 5.12 Å². The molecule has 1 N–H and O–H groups in total. The Morgan fingerprint density at radius 1 is 0.950 bits per heavy atom. The molecule has 118 valence electrons. The van der Waals surface area contributed by atoms with E-state index in [0.29, 0.717) is 6.04 Å². The van der Waals surface area contributed by atoms with Gasteiger partial charge in [-0.05, 0) is 26.2 Å². The van der Waals surface area contributed by atoms with E-state index in [9.17, 15) is 0 Å². The van der Waals surface area contributed by atoms with Crippen molar-refractivity contribution < 1.29 is 0 Å². The number of unbranched alkanes of at least 4 members (excludes halogenated alkanes) is 4. The van der Waals surface area contributed by atoms with Crippen LogP contribution in [0.25, 0.3) is 0 Å². The zero-order valence-electron chi connectivity index (χ0n) is 13.7. The highest BCUT2D eigenvalue weighted by Gasteiger charge is 2.37. The molecule has 0 saturated carbocycles. The number of fused-ring (bicyclic) bond motifs is 1. The van der Waals surface area contributed by atoms with Gasteiger partial charge in [-0.3, -0.25) is 0 Å². The van der Waals surface area contributed by atoms with Crippen LogP contribution in [-0.4, -0.2) is 35.3 Å². The normalized spacial score (nSPS) is 29.1. The molecule has 2 aliphatic rings. The zero-order valence-corrected chi connectivity index (χ0v) is 13.7. The largest absolute Gasteiger partial charge is 0.237 e. The first-order chi connectivity index (χ1) is 9.86. The second kappa shape index (κ2) is 9.01. The molecule has 20 heavy (non-hydrogen) atoms. The SMILES string of the molecule is CCCCCCCC1NN(CC)N2CCCCCCC12. The van der Waals surface area contributed by atoms with E-state index in [4.69, 9.17) is 0 Å². The Balaban J connectivity index is 1.81. The van der Waals surface area contributed by atoms with Gasteiger partial charge in [0.25, 0.3) is 0 Å². The van der Waals surface area contributed by atoms with Crippen LogP contribution in [0.2, 0.25) is 0 Å². The summed E-state index contributed by atoms with van der Waals surface area (Å²) in [7, 11) is 0. The first-order valence-electron chi connectivity index (χ1n) is 9.17. The average Bonchev–Trinajstić information content (AvgIpc) is 2.74.